The van der Waals surface area contributed by atoms with Crippen molar-refractivity contribution in [3.05, 3.63) is 12.4 Å². The standard InChI is InChI=1S/C5H6F3N2/c1-10-3-2-9-4(10)5(6,7)8/h2,4,9H,1H3. The molecule has 2 nitrogen and oxygen atoms in total. The van der Waals surface area contributed by atoms with Crippen LogP contribution in [-0.2, 0) is 0 Å². The molecule has 5 heteroatoms. The Morgan fingerprint density at radius 3 is 2.40 bits per heavy atom. The predicted molar refractivity (Wildman–Crippen MR) is 28.6 cm³/mol. The van der Waals surface area contributed by atoms with Crippen molar-refractivity contribution in [3.8, 4) is 0 Å². The van der Waals surface area contributed by atoms with E-state index in [2.05, 4.69) is 11.5 Å². The maximum absolute atomic E-state index is 11.8. The average molecular weight is 151 g/mol. The molecule has 1 heterocycles. The van der Waals surface area contributed by atoms with Crippen LogP contribution in [0.3, 0.4) is 0 Å². The summed E-state index contributed by atoms with van der Waals surface area (Å²) in [6, 6.07) is 0. The van der Waals surface area contributed by atoms with Gasteiger partial charge in [-0.2, -0.15) is 13.2 Å². The summed E-state index contributed by atoms with van der Waals surface area (Å²) in [6.07, 6.45) is -2.33. The van der Waals surface area contributed by atoms with Gasteiger partial charge in [0.2, 0.25) is 0 Å². The predicted octanol–water partition coefficient (Wildman–Crippen LogP) is 0.684. The maximum Gasteiger partial charge on any atom is 0.427 e. The molecule has 0 bridgehead atoms. The van der Waals surface area contributed by atoms with Gasteiger partial charge in [-0.15, -0.1) is 0 Å². The van der Waals surface area contributed by atoms with E-state index in [1.807, 2.05) is 0 Å². The summed E-state index contributed by atoms with van der Waals surface area (Å²) in [4.78, 5) is 0.944. The number of nitrogens with one attached hydrogen (secondary N) is 1. The molecule has 1 aliphatic heterocycles. The maximum atomic E-state index is 11.8. The summed E-state index contributed by atoms with van der Waals surface area (Å²) >= 11 is 0. The Kier molecular flexibility index (Phi) is 1.50. The Hall–Kier alpha value is -0.870. The van der Waals surface area contributed by atoms with Crippen LogP contribution in [-0.4, -0.2) is 24.3 Å². The first-order valence-corrected chi connectivity index (χ1v) is 2.65. The Bertz CT molecular complexity index is 151. The van der Waals surface area contributed by atoms with E-state index in [1.165, 1.54) is 7.05 Å². The van der Waals surface area contributed by atoms with Crippen LogP contribution in [0.5, 0.6) is 0 Å². The van der Waals surface area contributed by atoms with E-state index in [0.717, 1.165) is 11.1 Å². The van der Waals surface area contributed by atoms with E-state index in [-0.39, 0.29) is 0 Å². The lowest BCUT2D eigenvalue weighted by Gasteiger charge is -2.22. The third-order valence-corrected chi connectivity index (χ3v) is 1.21. The fraction of sp³-hybridized carbons (Fsp3) is 0.600. The van der Waals surface area contributed by atoms with E-state index >= 15 is 0 Å². The highest BCUT2D eigenvalue weighted by Gasteiger charge is 2.43. The Balaban J connectivity index is 2.60. The smallest absolute Gasteiger partial charge is 0.362 e. The molecule has 1 atom stereocenters. The molecule has 57 valence electrons. The minimum atomic E-state index is -4.23. The van der Waals surface area contributed by atoms with Gasteiger partial charge in [0, 0.05) is 13.2 Å². The first kappa shape index (κ1) is 7.24. The van der Waals surface area contributed by atoms with Crippen LogP contribution in [0.4, 0.5) is 13.2 Å². The molecule has 1 rings (SSSR count). The zero-order valence-electron chi connectivity index (χ0n) is 5.24. The molecule has 1 aliphatic rings. The molecular weight excluding hydrogens is 145 g/mol. The van der Waals surface area contributed by atoms with E-state index in [4.69, 9.17) is 0 Å². The highest BCUT2D eigenvalue weighted by atomic mass is 19.4. The van der Waals surface area contributed by atoms with Crippen molar-refractivity contribution in [2.24, 2.45) is 0 Å². The molecular formula is C5H6F3N2. The third kappa shape index (κ3) is 1.17. The van der Waals surface area contributed by atoms with Gasteiger partial charge >= 0.3 is 6.18 Å². The van der Waals surface area contributed by atoms with Crippen LogP contribution >= 0.6 is 0 Å². The lowest BCUT2D eigenvalue weighted by atomic mass is 10.5. The normalized spacial score (nSPS) is 25.2. The van der Waals surface area contributed by atoms with Gasteiger partial charge in [0.15, 0.2) is 6.17 Å². The van der Waals surface area contributed by atoms with Crippen molar-refractivity contribution in [1.82, 2.24) is 10.2 Å². The highest BCUT2D eigenvalue weighted by Crippen LogP contribution is 2.23. The fourth-order valence-electron chi connectivity index (χ4n) is 0.718. The summed E-state index contributed by atoms with van der Waals surface area (Å²) in [5, 5.41) is 2.11. The van der Waals surface area contributed by atoms with E-state index in [1.54, 1.807) is 0 Å². The zero-order chi connectivity index (χ0) is 7.78. The number of halogens is 3. The molecule has 10 heavy (non-hydrogen) atoms. The summed E-state index contributed by atoms with van der Waals surface area (Å²) in [5.41, 5.74) is 0. The lowest BCUT2D eigenvalue weighted by molar-refractivity contribution is -0.176. The molecule has 1 radical (unpaired) electrons. The SMILES string of the molecule is CN1[C]=CNC1C(F)(F)F. The fourth-order valence-corrected chi connectivity index (χ4v) is 0.718. The van der Waals surface area contributed by atoms with Crippen LogP contribution in [0.2, 0.25) is 0 Å². The molecule has 0 saturated carbocycles. The van der Waals surface area contributed by atoms with Gasteiger partial charge < -0.3 is 10.2 Å². The molecule has 0 spiro atoms. The minimum absolute atomic E-state index is 0.944. The van der Waals surface area contributed by atoms with Crippen molar-refractivity contribution in [2.45, 2.75) is 12.3 Å². The number of nitrogens with zero attached hydrogens (tertiary/aromatic N) is 1. The molecule has 0 aromatic carbocycles. The molecule has 0 aromatic rings. The van der Waals surface area contributed by atoms with Gasteiger partial charge in [-0.1, -0.05) is 0 Å². The van der Waals surface area contributed by atoms with Crippen LogP contribution in [0, 0.1) is 6.20 Å². The molecule has 0 amide bonds. The number of hydrogen-bond acceptors (Lipinski definition) is 2. The average Bonchev–Trinajstić information content (AvgIpc) is 2.11. The van der Waals surface area contributed by atoms with E-state index in [9.17, 15) is 13.2 Å². The van der Waals surface area contributed by atoms with Crippen molar-refractivity contribution >= 4 is 0 Å². The van der Waals surface area contributed by atoms with Gasteiger partial charge in [-0.3, -0.25) is 0 Å². The van der Waals surface area contributed by atoms with Crippen molar-refractivity contribution < 1.29 is 13.2 Å². The molecule has 0 saturated heterocycles. The zero-order valence-corrected chi connectivity index (χ0v) is 5.24. The second kappa shape index (κ2) is 2.07. The molecule has 1 N–H and O–H groups in total. The van der Waals surface area contributed by atoms with Gasteiger partial charge in [-0.05, 0) is 0 Å². The molecule has 1 unspecified atom stereocenters. The van der Waals surface area contributed by atoms with Gasteiger partial charge in [0.1, 0.15) is 0 Å². The van der Waals surface area contributed by atoms with E-state index in [0.29, 0.717) is 0 Å². The Labute approximate surface area is 56.3 Å². The third-order valence-electron chi connectivity index (χ3n) is 1.21. The van der Waals surface area contributed by atoms with Gasteiger partial charge in [0.05, 0.1) is 6.20 Å². The first-order valence-electron chi connectivity index (χ1n) is 2.65. The van der Waals surface area contributed by atoms with Gasteiger partial charge in [-0.25, -0.2) is 0 Å². The summed E-state index contributed by atoms with van der Waals surface area (Å²) in [6.45, 7) is 0. The number of hydrogen-bond donors (Lipinski definition) is 1. The van der Waals surface area contributed by atoms with Crippen LogP contribution in [0.25, 0.3) is 0 Å². The second-order valence-corrected chi connectivity index (χ2v) is 2.00. The Morgan fingerprint density at radius 1 is 1.60 bits per heavy atom. The van der Waals surface area contributed by atoms with Crippen LogP contribution in [0.15, 0.2) is 6.20 Å². The monoisotopic (exact) mass is 151 g/mol. The second-order valence-electron chi connectivity index (χ2n) is 2.00. The van der Waals surface area contributed by atoms with Gasteiger partial charge in [0.25, 0.3) is 0 Å². The van der Waals surface area contributed by atoms with E-state index < -0.39 is 12.3 Å². The molecule has 0 fully saturated rings. The molecule has 0 aromatic heterocycles. The minimum Gasteiger partial charge on any atom is -0.362 e. The van der Waals surface area contributed by atoms with Crippen molar-refractivity contribution in [1.29, 1.82) is 0 Å². The summed E-state index contributed by atoms with van der Waals surface area (Å²) in [7, 11) is 1.31. The number of rotatable bonds is 0. The topological polar surface area (TPSA) is 15.3 Å². The Morgan fingerprint density at radius 2 is 2.20 bits per heavy atom. The molecule has 0 aliphatic carbocycles. The number of alkyl halides is 3. The largest absolute Gasteiger partial charge is 0.427 e. The summed E-state index contributed by atoms with van der Waals surface area (Å²) in [5.74, 6) is 0. The van der Waals surface area contributed by atoms with Crippen molar-refractivity contribution in [2.75, 3.05) is 7.05 Å². The quantitative estimate of drug-likeness (QED) is 0.547. The van der Waals surface area contributed by atoms with Crippen molar-refractivity contribution in [3.63, 3.8) is 0 Å². The summed E-state index contributed by atoms with van der Waals surface area (Å²) < 4.78 is 35.5. The van der Waals surface area contributed by atoms with Crippen LogP contribution in [0.1, 0.15) is 0 Å². The lowest BCUT2D eigenvalue weighted by Crippen LogP contribution is -2.45. The van der Waals surface area contributed by atoms with Crippen LogP contribution < -0.4 is 5.32 Å². The highest BCUT2D eigenvalue weighted by molar-refractivity contribution is 4.90. The first-order chi connectivity index (χ1) is 4.52.